The molecule has 3 rings (SSSR count). The zero-order valence-electron chi connectivity index (χ0n) is 15.7. The lowest BCUT2D eigenvalue weighted by molar-refractivity contribution is 0.0956. The van der Waals surface area contributed by atoms with Crippen molar-refractivity contribution in [2.24, 2.45) is 0 Å². The zero-order chi connectivity index (χ0) is 19.8. The van der Waals surface area contributed by atoms with E-state index in [0.717, 1.165) is 11.3 Å². The Balaban J connectivity index is 1.43. The fourth-order valence-corrected chi connectivity index (χ4v) is 3.51. The Morgan fingerprint density at radius 3 is 2.43 bits per heavy atom. The molecule has 3 aromatic carbocycles. The molecule has 0 saturated heterocycles. The highest BCUT2D eigenvalue weighted by Gasteiger charge is 2.06. The molecule has 0 aliphatic carbocycles. The van der Waals surface area contributed by atoms with E-state index >= 15 is 0 Å². The van der Waals surface area contributed by atoms with Gasteiger partial charge in [-0.3, -0.25) is 4.79 Å². The Hall–Kier alpha value is -2.43. The second-order valence-corrected chi connectivity index (χ2v) is 7.90. The highest BCUT2D eigenvalue weighted by Crippen LogP contribution is 2.19. The van der Waals surface area contributed by atoms with Gasteiger partial charge in [0.15, 0.2) is 0 Å². The van der Waals surface area contributed by atoms with E-state index in [4.69, 9.17) is 16.3 Å². The largest absolute Gasteiger partial charge is 0.489 e. The summed E-state index contributed by atoms with van der Waals surface area (Å²) < 4.78 is 5.74. The lowest BCUT2D eigenvalue weighted by atomic mass is 10.2. The number of rotatable bonds is 8. The van der Waals surface area contributed by atoms with Crippen LogP contribution in [-0.2, 0) is 6.61 Å². The van der Waals surface area contributed by atoms with Gasteiger partial charge in [-0.1, -0.05) is 47.5 Å². The normalized spacial score (nSPS) is 10.5. The minimum atomic E-state index is -0.0813. The lowest BCUT2D eigenvalue weighted by Gasteiger charge is -2.09. The van der Waals surface area contributed by atoms with E-state index in [9.17, 15) is 4.79 Å². The van der Waals surface area contributed by atoms with Gasteiger partial charge in [-0.25, -0.2) is 0 Å². The standard InChI is InChI=1S/C23H22ClNO2S/c1-17-6-12-21(13-7-17)28-15-14-25-23(26)18-8-10-20(11-9-18)27-16-19-4-2-3-5-22(19)24/h2-13H,14-16H2,1H3,(H,25,26). The molecule has 0 unspecified atom stereocenters. The van der Waals surface area contributed by atoms with Gasteiger partial charge in [-0.05, 0) is 49.4 Å². The van der Waals surface area contributed by atoms with E-state index in [1.807, 2.05) is 24.3 Å². The molecule has 28 heavy (non-hydrogen) atoms. The molecule has 0 heterocycles. The third-order valence-electron chi connectivity index (χ3n) is 4.15. The van der Waals surface area contributed by atoms with Crippen molar-refractivity contribution in [2.45, 2.75) is 18.4 Å². The third kappa shape index (κ3) is 6.04. The first-order valence-electron chi connectivity index (χ1n) is 9.06. The fraction of sp³-hybridized carbons (Fsp3) is 0.174. The lowest BCUT2D eigenvalue weighted by Crippen LogP contribution is -2.25. The summed E-state index contributed by atoms with van der Waals surface area (Å²) in [4.78, 5) is 13.5. The number of ether oxygens (including phenoxy) is 1. The van der Waals surface area contributed by atoms with Gasteiger partial charge >= 0.3 is 0 Å². The zero-order valence-corrected chi connectivity index (χ0v) is 17.2. The molecule has 3 aromatic rings. The van der Waals surface area contributed by atoms with Gasteiger partial charge in [0.2, 0.25) is 0 Å². The van der Waals surface area contributed by atoms with Crippen LogP contribution in [0.1, 0.15) is 21.5 Å². The van der Waals surface area contributed by atoms with Crippen LogP contribution in [0.5, 0.6) is 5.75 Å². The van der Waals surface area contributed by atoms with Gasteiger partial charge in [0.05, 0.1) is 0 Å². The Morgan fingerprint density at radius 1 is 1.00 bits per heavy atom. The predicted octanol–water partition coefficient (Wildman–Crippen LogP) is 5.75. The first kappa shape index (κ1) is 20.3. The molecule has 0 aliphatic heterocycles. The van der Waals surface area contributed by atoms with E-state index in [-0.39, 0.29) is 5.91 Å². The van der Waals surface area contributed by atoms with Crippen molar-refractivity contribution in [1.29, 1.82) is 0 Å². The number of hydrogen-bond donors (Lipinski definition) is 1. The number of amides is 1. The molecule has 3 nitrogen and oxygen atoms in total. The number of aryl methyl sites for hydroxylation is 1. The van der Waals surface area contributed by atoms with Crippen molar-refractivity contribution in [1.82, 2.24) is 5.32 Å². The van der Waals surface area contributed by atoms with Crippen LogP contribution in [0.15, 0.2) is 77.7 Å². The first-order valence-corrected chi connectivity index (χ1v) is 10.4. The Kier molecular flexibility index (Phi) is 7.40. The Bertz CT molecular complexity index is 911. The van der Waals surface area contributed by atoms with Gasteiger partial charge in [-0.2, -0.15) is 0 Å². The SMILES string of the molecule is Cc1ccc(SCCNC(=O)c2ccc(OCc3ccccc3Cl)cc2)cc1. The highest BCUT2D eigenvalue weighted by atomic mass is 35.5. The number of carbonyl (C=O) groups excluding carboxylic acids is 1. The van der Waals surface area contributed by atoms with Crippen LogP contribution >= 0.6 is 23.4 Å². The minimum Gasteiger partial charge on any atom is -0.489 e. The summed E-state index contributed by atoms with van der Waals surface area (Å²) in [5.74, 6) is 1.45. The summed E-state index contributed by atoms with van der Waals surface area (Å²) in [6, 6.07) is 23.1. The van der Waals surface area contributed by atoms with E-state index < -0.39 is 0 Å². The van der Waals surface area contributed by atoms with Gasteiger partial charge < -0.3 is 10.1 Å². The van der Waals surface area contributed by atoms with Crippen LogP contribution < -0.4 is 10.1 Å². The first-order chi connectivity index (χ1) is 13.6. The van der Waals surface area contributed by atoms with Gasteiger partial charge in [0, 0.05) is 33.3 Å². The quantitative estimate of drug-likeness (QED) is 0.379. The molecule has 0 aromatic heterocycles. The van der Waals surface area contributed by atoms with E-state index in [1.54, 1.807) is 36.0 Å². The third-order valence-corrected chi connectivity index (χ3v) is 5.53. The van der Waals surface area contributed by atoms with Crippen LogP contribution in [0.3, 0.4) is 0 Å². The average Bonchev–Trinajstić information content (AvgIpc) is 2.72. The number of hydrogen-bond acceptors (Lipinski definition) is 3. The molecule has 0 fully saturated rings. The van der Waals surface area contributed by atoms with Crippen LogP contribution in [0.4, 0.5) is 0 Å². The molecule has 0 atom stereocenters. The van der Waals surface area contributed by atoms with Gasteiger partial charge in [0.25, 0.3) is 5.91 Å². The van der Waals surface area contributed by atoms with Crippen LogP contribution in [-0.4, -0.2) is 18.2 Å². The van der Waals surface area contributed by atoms with Crippen molar-refractivity contribution in [2.75, 3.05) is 12.3 Å². The van der Waals surface area contributed by atoms with Crippen LogP contribution in [0, 0.1) is 6.92 Å². The smallest absolute Gasteiger partial charge is 0.251 e. The van der Waals surface area contributed by atoms with Crippen molar-refractivity contribution in [3.05, 3.63) is 94.5 Å². The molecule has 144 valence electrons. The molecule has 0 spiro atoms. The second-order valence-electron chi connectivity index (χ2n) is 6.32. The summed E-state index contributed by atoms with van der Waals surface area (Å²) in [6.07, 6.45) is 0. The minimum absolute atomic E-state index is 0.0813. The maximum Gasteiger partial charge on any atom is 0.251 e. The van der Waals surface area contributed by atoms with Crippen LogP contribution in [0.2, 0.25) is 5.02 Å². The topological polar surface area (TPSA) is 38.3 Å². The summed E-state index contributed by atoms with van der Waals surface area (Å²) >= 11 is 7.86. The average molecular weight is 412 g/mol. The second kappa shape index (κ2) is 10.2. The van der Waals surface area contributed by atoms with Crippen molar-refractivity contribution in [3.8, 4) is 5.75 Å². The van der Waals surface area contributed by atoms with Crippen molar-refractivity contribution < 1.29 is 9.53 Å². The maximum absolute atomic E-state index is 12.3. The number of thioether (sulfide) groups is 1. The number of halogens is 1. The summed E-state index contributed by atoms with van der Waals surface area (Å²) in [7, 11) is 0. The number of nitrogens with one attached hydrogen (secondary N) is 1. The molecule has 0 saturated carbocycles. The Labute approximate surface area is 175 Å². The highest BCUT2D eigenvalue weighted by molar-refractivity contribution is 7.99. The molecule has 0 bridgehead atoms. The van der Waals surface area contributed by atoms with Gasteiger partial charge in [-0.15, -0.1) is 11.8 Å². The molecular weight excluding hydrogens is 390 g/mol. The van der Waals surface area contributed by atoms with Crippen molar-refractivity contribution in [3.63, 3.8) is 0 Å². The summed E-state index contributed by atoms with van der Waals surface area (Å²) in [5.41, 5.74) is 2.79. The summed E-state index contributed by atoms with van der Waals surface area (Å²) in [5, 5.41) is 3.63. The van der Waals surface area contributed by atoms with E-state index in [0.29, 0.717) is 29.5 Å². The van der Waals surface area contributed by atoms with E-state index in [2.05, 4.69) is 36.5 Å². The molecule has 1 N–H and O–H groups in total. The van der Waals surface area contributed by atoms with E-state index in [1.165, 1.54) is 10.5 Å². The van der Waals surface area contributed by atoms with Crippen LogP contribution in [0.25, 0.3) is 0 Å². The molecule has 1 amide bonds. The maximum atomic E-state index is 12.3. The molecule has 0 radical (unpaired) electrons. The summed E-state index contributed by atoms with van der Waals surface area (Å²) in [6.45, 7) is 3.07. The number of carbonyl (C=O) groups is 1. The van der Waals surface area contributed by atoms with Crippen molar-refractivity contribution >= 4 is 29.3 Å². The van der Waals surface area contributed by atoms with Gasteiger partial charge in [0.1, 0.15) is 12.4 Å². The Morgan fingerprint density at radius 2 is 1.71 bits per heavy atom. The monoisotopic (exact) mass is 411 g/mol. The fourth-order valence-electron chi connectivity index (χ4n) is 2.55. The molecule has 5 heteroatoms. The predicted molar refractivity (Wildman–Crippen MR) is 116 cm³/mol. The number of benzene rings is 3. The molecule has 0 aliphatic rings. The molecular formula is C23H22ClNO2S.